The predicted molar refractivity (Wildman–Crippen MR) is 86.9 cm³/mol. The van der Waals surface area contributed by atoms with Crippen molar-refractivity contribution >= 4 is 28.3 Å². The fraction of sp³-hybridized carbons (Fsp3) is 0.500. The molecule has 0 radical (unpaired) electrons. The number of aryl methyl sites for hydroxylation is 1. The minimum Gasteiger partial charge on any atom is -0.363 e. The second kappa shape index (κ2) is 5.55. The molecule has 2 amide bonds. The Balaban J connectivity index is 1.54. The van der Waals surface area contributed by atoms with Crippen molar-refractivity contribution < 1.29 is 9.59 Å². The van der Waals surface area contributed by atoms with Gasteiger partial charge in [-0.1, -0.05) is 11.3 Å². The molecular formula is C14H17N7O2S. The van der Waals surface area contributed by atoms with E-state index < -0.39 is 5.91 Å². The molecule has 9 nitrogen and oxygen atoms in total. The van der Waals surface area contributed by atoms with Gasteiger partial charge < -0.3 is 15.5 Å². The number of carbonyl (C=O) groups excluding carboxylic acids is 2. The van der Waals surface area contributed by atoms with Crippen LogP contribution in [0.5, 0.6) is 0 Å². The zero-order valence-electron chi connectivity index (χ0n) is 13.1. The van der Waals surface area contributed by atoms with Gasteiger partial charge in [-0.2, -0.15) is 5.10 Å². The Bertz CT molecular complexity index is 787. The third-order valence-electron chi connectivity index (χ3n) is 4.66. The quantitative estimate of drug-likeness (QED) is 0.816. The molecule has 2 bridgehead atoms. The Hall–Kier alpha value is -2.49. The van der Waals surface area contributed by atoms with Gasteiger partial charge >= 0.3 is 0 Å². The Morgan fingerprint density at radius 1 is 1.29 bits per heavy atom. The van der Waals surface area contributed by atoms with Crippen molar-refractivity contribution in [3.8, 4) is 0 Å². The minimum atomic E-state index is -0.561. The van der Waals surface area contributed by atoms with Crippen LogP contribution >= 0.6 is 11.3 Å². The number of nitrogens with two attached hydrogens (primary N) is 1. The van der Waals surface area contributed by atoms with E-state index in [2.05, 4.69) is 25.3 Å². The summed E-state index contributed by atoms with van der Waals surface area (Å²) in [5, 5.41) is 15.6. The maximum absolute atomic E-state index is 12.7. The van der Waals surface area contributed by atoms with Crippen LogP contribution in [0.3, 0.4) is 0 Å². The van der Waals surface area contributed by atoms with E-state index >= 15 is 0 Å². The summed E-state index contributed by atoms with van der Waals surface area (Å²) in [4.78, 5) is 28.0. The van der Waals surface area contributed by atoms with Gasteiger partial charge in [-0.05, 0) is 25.3 Å². The topological polar surface area (TPSA) is 121 Å². The summed E-state index contributed by atoms with van der Waals surface area (Å²) in [6, 6.07) is 0.370. The lowest BCUT2D eigenvalue weighted by molar-refractivity contribution is 0.0711. The standard InChI is InChI=1S/C14H17N7O2S/c1-7-4-16-17-10(7)13(23)20-5-8-2-3-9(6-20)21(8)14-19-18-12(24-14)11(15)22/h4,8-9H,2-3,5-6H2,1H3,(H2,15,22)(H,16,17). The van der Waals surface area contributed by atoms with Crippen LogP contribution in [0.4, 0.5) is 5.13 Å². The number of amides is 2. The molecule has 2 atom stereocenters. The number of fused-ring (bicyclic) bond motifs is 2. The van der Waals surface area contributed by atoms with Gasteiger partial charge in [0.25, 0.3) is 11.8 Å². The van der Waals surface area contributed by atoms with E-state index in [4.69, 9.17) is 5.73 Å². The number of nitrogens with one attached hydrogen (secondary N) is 1. The first-order valence-electron chi connectivity index (χ1n) is 7.75. The maximum Gasteiger partial charge on any atom is 0.279 e. The van der Waals surface area contributed by atoms with E-state index in [0.29, 0.717) is 23.9 Å². The second-order valence-corrected chi connectivity index (χ2v) is 7.14. The monoisotopic (exact) mass is 347 g/mol. The van der Waals surface area contributed by atoms with Crippen LogP contribution in [-0.4, -0.2) is 62.3 Å². The highest BCUT2D eigenvalue weighted by Crippen LogP contribution is 2.36. The van der Waals surface area contributed by atoms with Gasteiger partial charge in [-0.3, -0.25) is 14.7 Å². The summed E-state index contributed by atoms with van der Waals surface area (Å²) in [5.74, 6) is -0.578. The second-order valence-electron chi connectivity index (χ2n) is 6.18. The van der Waals surface area contributed by atoms with Gasteiger partial charge in [0.2, 0.25) is 10.1 Å². The van der Waals surface area contributed by atoms with Gasteiger partial charge in [0, 0.05) is 25.2 Å². The van der Waals surface area contributed by atoms with Crippen LogP contribution < -0.4 is 10.6 Å². The molecule has 0 aromatic carbocycles. The summed E-state index contributed by atoms with van der Waals surface area (Å²) in [5.41, 5.74) is 6.66. The molecule has 10 heteroatoms. The van der Waals surface area contributed by atoms with Crippen LogP contribution in [0.2, 0.25) is 0 Å². The van der Waals surface area contributed by atoms with E-state index in [1.54, 1.807) is 6.20 Å². The summed E-state index contributed by atoms with van der Waals surface area (Å²) >= 11 is 1.21. The summed E-state index contributed by atoms with van der Waals surface area (Å²) in [6.07, 6.45) is 3.63. The molecular weight excluding hydrogens is 330 g/mol. The molecule has 0 spiro atoms. The number of anilines is 1. The molecule has 2 unspecified atom stereocenters. The molecule has 4 heterocycles. The minimum absolute atomic E-state index is 0.0170. The normalized spacial score (nSPS) is 22.9. The summed E-state index contributed by atoms with van der Waals surface area (Å²) in [7, 11) is 0. The SMILES string of the molecule is Cc1cn[nH]c1C(=O)N1CC2CCC(C1)N2c1nnc(C(N)=O)s1. The van der Waals surface area contributed by atoms with Crippen LogP contribution in [-0.2, 0) is 0 Å². The van der Waals surface area contributed by atoms with Crippen molar-refractivity contribution in [2.45, 2.75) is 31.8 Å². The van der Waals surface area contributed by atoms with Crippen molar-refractivity contribution in [3.05, 3.63) is 22.5 Å². The van der Waals surface area contributed by atoms with Crippen LogP contribution in [0, 0.1) is 6.92 Å². The average Bonchev–Trinajstić information content (AvgIpc) is 3.24. The Morgan fingerprint density at radius 2 is 2.00 bits per heavy atom. The number of aromatic amines is 1. The lowest BCUT2D eigenvalue weighted by Gasteiger charge is -2.40. The number of hydrogen-bond donors (Lipinski definition) is 2. The first-order valence-corrected chi connectivity index (χ1v) is 8.57. The van der Waals surface area contributed by atoms with Crippen molar-refractivity contribution in [1.82, 2.24) is 25.3 Å². The van der Waals surface area contributed by atoms with Crippen molar-refractivity contribution in [2.75, 3.05) is 18.0 Å². The van der Waals surface area contributed by atoms with E-state index in [1.165, 1.54) is 11.3 Å². The van der Waals surface area contributed by atoms with Crippen molar-refractivity contribution in [1.29, 1.82) is 0 Å². The smallest absolute Gasteiger partial charge is 0.279 e. The van der Waals surface area contributed by atoms with Gasteiger partial charge in [0.05, 0.1) is 6.20 Å². The van der Waals surface area contributed by atoms with Gasteiger partial charge in [0.1, 0.15) is 5.69 Å². The maximum atomic E-state index is 12.7. The molecule has 0 aliphatic carbocycles. The van der Waals surface area contributed by atoms with E-state index in [0.717, 1.165) is 18.4 Å². The number of nitrogens with zero attached hydrogens (tertiary/aromatic N) is 5. The Labute approximate surface area is 141 Å². The fourth-order valence-electron chi connectivity index (χ4n) is 3.52. The summed E-state index contributed by atoms with van der Waals surface area (Å²) < 4.78 is 0. The van der Waals surface area contributed by atoms with Crippen LogP contribution in [0.1, 0.15) is 38.7 Å². The molecule has 4 rings (SSSR count). The molecule has 2 aliphatic heterocycles. The molecule has 2 saturated heterocycles. The predicted octanol–water partition coefficient (Wildman–Crippen LogP) is 0.162. The number of hydrogen-bond acceptors (Lipinski definition) is 7. The largest absolute Gasteiger partial charge is 0.363 e. The number of carbonyl (C=O) groups is 2. The average molecular weight is 347 g/mol. The van der Waals surface area contributed by atoms with Gasteiger partial charge in [-0.25, -0.2) is 0 Å². The molecule has 2 fully saturated rings. The van der Waals surface area contributed by atoms with E-state index in [-0.39, 0.29) is 23.0 Å². The Kier molecular flexibility index (Phi) is 3.48. The first kappa shape index (κ1) is 15.1. The molecule has 2 aromatic rings. The highest BCUT2D eigenvalue weighted by Gasteiger charge is 2.43. The number of piperazine rings is 1. The zero-order chi connectivity index (χ0) is 16.8. The number of aromatic nitrogens is 4. The molecule has 2 aliphatic rings. The zero-order valence-corrected chi connectivity index (χ0v) is 13.9. The highest BCUT2D eigenvalue weighted by atomic mass is 32.1. The molecule has 3 N–H and O–H groups in total. The molecule has 2 aromatic heterocycles. The molecule has 24 heavy (non-hydrogen) atoms. The van der Waals surface area contributed by atoms with Crippen molar-refractivity contribution in [3.63, 3.8) is 0 Å². The van der Waals surface area contributed by atoms with Crippen LogP contribution in [0.15, 0.2) is 6.20 Å². The third-order valence-corrected chi connectivity index (χ3v) is 5.61. The van der Waals surface area contributed by atoms with E-state index in [1.807, 2.05) is 11.8 Å². The number of likely N-dealkylation sites (tertiary alicyclic amines) is 1. The Morgan fingerprint density at radius 3 is 2.54 bits per heavy atom. The fourth-order valence-corrected chi connectivity index (χ4v) is 4.36. The number of rotatable bonds is 3. The third kappa shape index (κ3) is 2.33. The lowest BCUT2D eigenvalue weighted by atomic mass is 10.1. The van der Waals surface area contributed by atoms with Gasteiger partial charge in [-0.15, -0.1) is 10.2 Å². The van der Waals surface area contributed by atoms with Crippen LogP contribution in [0.25, 0.3) is 0 Å². The molecule has 0 saturated carbocycles. The number of H-pyrrole nitrogens is 1. The lowest BCUT2D eigenvalue weighted by Crippen LogP contribution is -2.55. The number of primary amides is 1. The summed E-state index contributed by atoms with van der Waals surface area (Å²) in [6.45, 7) is 3.12. The van der Waals surface area contributed by atoms with E-state index in [9.17, 15) is 9.59 Å². The van der Waals surface area contributed by atoms with Gasteiger partial charge in [0.15, 0.2) is 0 Å². The first-order chi connectivity index (χ1) is 11.5. The molecule has 126 valence electrons. The van der Waals surface area contributed by atoms with Crippen molar-refractivity contribution in [2.24, 2.45) is 5.73 Å². The highest BCUT2D eigenvalue weighted by molar-refractivity contribution is 7.17.